The maximum absolute atomic E-state index is 12.4. The number of hydrogen-bond donors (Lipinski definition) is 1. The SMILES string of the molecule is CC(N)C(OC(C)C(F)(F)F)c1cnn(C)c1. The van der Waals surface area contributed by atoms with Crippen LogP contribution >= 0.6 is 0 Å². The van der Waals surface area contributed by atoms with Crippen LogP contribution in [-0.4, -0.2) is 28.1 Å². The van der Waals surface area contributed by atoms with Crippen molar-refractivity contribution in [2.24, 2.45) is 12.8 Å². The highest BCUT2D eigenvalue weighted by molar-refractivity contribution is 5.10. The molecule has 0 aliphatic rings. The van der Waals surface area contributed by atoms with E-state index in [4.69, 9.17) is 10.5 Å². The summed E-state index contributed by atoms with van der Waals surface area (Å²) < 4.78 is 43.7. The predicted molar refractivity (Wildman–Crippen MR) is 56.2 cm³/mol. The molecule has 1 aromatic heterocycles. The minimum atomic E-state index is -4.39. The highest BCUT2D eigenvalue weighted by atomic mass is 19.4. The van der Waals surface area contributed by atoms with Crippen LogP contribution in [-0.2, 0) is 11.8 Å². The molecule has 0 bridgehead atoms. The van der Waals surface area contributed by atoms with Crippen molar-refractivity contribution in [3.63, 3.8) is 0 Å². The highest BCUT2D eigenvalue weighted by Crippen LogP contribution is 2.29. The molecule has 1 rings (SSSR count). The van der Waals surface area contributed by atoms with Crippen molar-refractivity contribution in [1.29, 1.82) is 0 Å². The van der Waals surface area contributed by atoms with Crippen molar-refractivity contribution >= 4 is 0 Å². The lowest BCUT2D eigenvalue weighted by Crippen LogP contribution is -2.35. The molecule has 0 fully saturated rings. The second-order valence-electron chi connectivity index (χ2n) is 4.05. The number of nitrogens with zero attached hydrogens (tertiary/aromatic N) is 2. The zero-order valence-electron chi connectivity index (χ0n) is 9.90. The fourth-order valence-electron chi connectivity index (χ4n) is 1.39. The van der Waals surface area contributed by atoms with Gasteiger partial charge in [-0.25, -0.2) is 0 Å². The molecule has 98 valence electrons. The Morgan fingerprint density at radius 2 is 2.00 bits per heavy atom. The zero-order valence-corrected chi connectivity index (χ0v) is 9.90. The lowest BCUT2D eigenvalue weighted by Gasteiger charge is -2.25. The highest BCUT2D eigenvalue weighted by Gasteiger charge is 2.39. The van der Waals surface area contributed by atoms with E-state index in [0.29, 0.717) is 5.56 Å². The van der Waals surface area contributed by atoms with Crippen LogP contribution in [0.4, 0.5) is 13.2 Å². The van der Waals surface area contributed by atoms with Crippen molar-refractivity contribution in [3.8, 4) is 0 Å². The molecule has 0 radical (unpaired) electrons. The summed E-state index contributed by atoms with van der Waals surface area (Å²) in [7, 11) is 1.68. The Kier molecular flexibility index (Phi) is 4.16. The first-order chi connectivity index (χ1) is 7.71. The fourth-order valence-corrected chi connectivity index (χ4v) is 1.39. The number of nitrogens with two attached hydrogens (primary N) is 1. The van der Waals surface area contributed by atoms with E-state index in [9.17, 15) is 13.2 Å². The Bertz CT molecular complexity index is 362. The smallest absolute Gasteiger partial charge is 0.359 e. The second kappa shape index (κ2) is 5.05. The molecule has 4 nitrogen and oxygen atoms in total. The third-order valence-electron chi connectivity index (χ3n) is 2.34. The number of alkyl halides is 3. The number of rotatable bonds is 4. The van der Waals surface area contributed by atoms with Gasteiger partial charge in [0.25, 0.3) is 0 Å². The minimum absolute atomic E-state index is 0.540. The van der Waals surface area contributed by atoms with Crippen LogP contribution in [0.2, 0.25) is 0 Å². The Morgan fingerprint density at radius 3 is 2.35 bits per heavy atom. The molecule has 1 heterocycles. The molecule has 17 heavy (non-hydrogen) atoms. The maximum atomic E-state index is 12.4. The molecule has 0 aromatic carbocycles. The molecule has 3 atom stereocenters. The molecule has 2 N–H and O–H groups in total. The number of aromatic nitrogens is 2. The van der Waals surface area contributed by atoms with Crippen LogP contribution in [0.15, 0.2) is 12.4 Å². The zero-order chi connectivity index (χ0) is 13.2. The van der Waals surface area contributed by atoms with Gasteiger partial charge < -0.3 is 10.5 Å². The van der Waals surface area contributed by atoms with Gasteiger partial charge >= 0.3 is 6.18 Å². The first-order valence-corrected chi connectivity index (χ1v) is 5.18. The molecule has 0 spiro atoms. The maximum Gasteiger partial charge on any atom is 0.414 e. The Labute approximate surface area is 97.5 Å². The number of halogens is 3. The number of aryl methyl sites for hydroxylation is 1. The Balaban J connectivity index is 2.81. The van der Waals surface area contributed by atoms with Gasteiger partial charge in [0, 0.05) is 24.8 Å². The van der Waals surface area contributed by atoms with E-state index in [1.807, 2.05) is 0 Å². The Morgan fingerprint density at radius 1 is 1.41 bits per heavy atom. The summed E-state index contributed by atoms with van der Waals surface area (Å²) in [6.45, 7) is 2.56. The third-order valence-corrected chi connectivity index (χ3v) is 2.34. The van der Waals surface area contributed by atoms with Crippen LogP contribution < -0.4 is 5.73 Å². The Hall–Kier alpha value is -1.08. The van der Waals surface area contributed by atoms with Crippen molar-refractivity contribution in [1.82, 2.24) is 9.78 Å². The van der Waals surface area contributed by atoms with Crippen molar-refractivity contribution in [2.45, 2.75) is 38.3 Å². The van der Waals surface area contributed by atoms with E-state index >= 15 is 0 Å². The average Bonchev–Trinajstić information content (AvgIpc) is 2.58. The average molecular weight is 251 g/mol. The van der Waals surface area contributed by atoms with Gasteiger partial charge in [0.1, 0.15) is 6.10 Å². The van der Waals surface area contributed by atoms with Crippen molar-refractivity contribution in [3.05, 3.63) is 18.0 Å². The third kappa shape index (κ3) is 3.71. The number of ether oxygens (including phenoxy) is 1. The first-order valence-electron chi connectivity index (χ1n) is 5.18. The molecule has 0 saturated heterocycles. The van der Waals surface area contributed by atoms with Gasteiger partial charge in [-0.15, -0.1) is 0 Å². The van der Waals surface area contributed by atoms with Gasteiger partial charge in [-0.2, -0.15) is 18.3 Å². The van der Waals surface area contributed by atoms with Gasteiger partial charge in [-0.3, -0.25) is 4.68 Å². The molecule has 0 amide bonds. The summed E-state index contributed by atoms with van der Waals surface area (Å²) in [6.07, 6.45) is -4.03. The number of hydrogen-bond acceptors (Lipinski definition) is 3. The standard InChI is InChI=1S/C10H16F3N3O/c1-6(14)9(8-4-15-16(3)5-8)17-7(2)10(11,12)13/h4-7,9H,14H2,1-3H3. The van der Waals surface area contributed by atoms with Crippen LogP contribution in [0.1, 0.15) is 25.5 Å². The monoisotopic (exact) mass is 251 g/mol. The van der Waals surface area contributed by atoms with Crippen molar-refractivity contribution in [2.75, 3.05) is 0 Å². The summed E-state index contributed by atoms with van der Waals surface area (Å²) in [6, 6.07) is -0.552. The molecule has 0 aliphatic carbocycles. The minimum Gasteiger partial charge on any atom is -0.359 e. The van der Waals surface area contributed by atoms with Gasteiger partial charge in [-0.1, -0.05) is 0 Å². The van der Waals surface area contributed by atoms with E-state index in [2.05, 4.69) is 5.10 Å². The van der Waals surface area contributed by atoms with E-state index in [1.54, 1.807) is 20.2 Å². The van der Waals surface area contributed by atoms with Gasteiger partial charge in [0.15, 0.2) is 6.10 Å². The topological polar surface area (TPSA) is 53.1 Å². The molecular formula is C10H16F3N3O. The molecule has 0 saturated carbocycles. The van der Waals surface area contributed by atoms with E-state index < -0.39 is 24.4 Å². The lowest BCUT2D eigenvalue weighted by molar-refractivity contribution is -0.229. The van der Waals surface area contributed by atoms with Crippen molar-refractivity contribution < 1.29 is 17.9 Å². The molecule has 3 unspecified atom stereocenters. The lowest BCUT2D eigenvalue weighted by atomic mass is 10.1. The van der Waals surface area contributed by atoms with Crippen LogP contribution in [0, 0.1) is 0 Å². The summed E-state index contributed by atoms with van der Waals surface area (Å²) in [5, 5.41) is 3.89. The fraction of sp³-hybridized carbons (Fsp3) is 0.700. The van der Waals surface area contributed by atoms with E-state index in [1.165, 1.54) is 10.9 Å². The summed E-state index contributed by atoms with van der Waals surface area (Å²) in [5.74, 6) is 0. The molecular weight excluding hydrogens is 235 g/mol. The second-order valence-corrected chi connectivity index (χ2v) is 4.05. The normalized spacial score (nSPS) is 17.8. The van der Waals surface area contributed by atoms with Gasteiger partial charge in [0.05, 0.1) is 6.20 Å². The summed E-state index contributed by atoms with van der Waals surface area (Å²) in [4.78, 5) is 0. The summed E-state index contributed by atoms with van der Waals surface area (Å²) >= 11 is 0. The quantitative estimate of drug-likeness (QED) is 0.887. The molecule has 7 heteroatoms. The van der Waals surface area contributed by atoms with E-state index in [0.717, 1.165) is 6.92 Å². The van der Waals surface area contributed by atoms with Crippen LogP contribution in [0.3, 0.4) is 0 Å². The first kappa shape index (κ1) is 14.0. The molecule has 1 aromatic rings. The van der Waals surface area contributed by atoms with E-state index in [-0.39, 0.29) is 0 Å². The van der Waals surface area contributed by atoms with Crippen LogP contribution in [0.5, 0.6) is 0 Å². The largest absolute Gasteiger partial charge is 0.414 e. The molecule has 0 aliphatic heterocycles. The van der Waals surface area contributed by atoms with Gasteiger partial charge in [-0.05, 0) is 13.8 Å². The van der Waals surface area contributed by atoms with Gasteiger partial charge in [0.2, 0.25) is 0 Å². The summed E-state index contributed by atoms with van der Waals surface area (Å²) in [5.41, 5.74) is 6.18. The van der Waals surface area contributed by atoms with Crippen LogP contribution in [0.25, 0.3) is 0 Å². The predicted octanol–water partition coefficient (Wildman–Crippen LogP) is 1.78.